The molecule has 0 saturated heterocycles. The molecular formula is C9H15N3O2. The molecule has 0 aliphatic heterocycles. The molecule has 0 saturated carbocycles. The van der Waals surface area contributed by atoms with E-state index in [4.69, 9.17) is 10.5 Å². The lowest BCUT2D eigenvalue weighted by atomic mass is 10.2. The van der Waals surface area contributed by atoms with Crippen LogP contribution in [0.25, 0.3) is 0 Å². The molecule has 0 aliphatic rings. The Morgan fingerprint density at radius 1 is 1.79 bits per heavy atom. The Labute approximate surface area is 82.7 Å². The molecule has 1 unspecified atom stereocenters. The summed E-state index contributed by atoms with van der Waals surface area (Å²) < 4.78 is 4.90. The van der Waals surface area contributed by atoms with Crippen LogP contribution >= 0.6 is 0 Å². The van der Waals surface area contributed by atoms with Crippen molar-refractivity contribution in [3.05, 3.63) is 18.2 Å². The minimum absolute atomic E-state index is 0.360. The lowest BCUT2D eigenvalue weighted by Crippen LogP contribution is -2.34. The number of nitrogens with two attached hydrogens (primary N) is 1. The summed E-state index contributed by atoms with van der Waals surface area (Å²) in [4.78, 5) is 18.0. The van der Waals surface area contributed by atoms with Gasteiger partial charge in [-0.1, -0.05) is 6.92 Å². The van der Waals surface area contributed by atoms with E-state index < -0.39 is 6.04 Å². The van der Waals surface area contributed by atoms with Crippen molar-refractivity contribution in [1.82, 2.24) is 9.97 Å². The SMILES string of the molecule is CCCOC(=O)C(N)Cc1cnc[nH]1. The molecule has 0 aliphatic carbocycles. The predicted molar refractivity (Wildman–Crippen MR) is 51.5 cm³/mol. The second-order valence-corrected chi connectivity index (χ2v) is 3.05. The van der Waals surface area contributed by atoms with E-state index in [0.717, 1.165) is 12.1 Å². The summed E-state index contributed by atoms with van der Waals surface area (Å²) in [6.45, 7) is 2.36. The number of rotatable bonds is 5. The summed E-state index contributed by atoms with van der Waals surface area (Å²) in [5, 5.41) is 0. The molecule has 0 amide bonds. The van der Waals surface area contributed by atoms with Crippen LogP contribution in [0, 0.1) is 0 Å². The summed E-state index contributed by atoms with van der Waals surface area (Å²) in [5.41, 5.74) is 6.47. The average Bonchev–Trinajstić information content (AvgIpc) is 2.66. The molecule has 1 atom stereocenters. The molecule has 78 valence electrons. The second-order valence-electron chi connectivity index (χ2n) is 3.05. The third-order valence-corrected chi connectivity index (χ3v) is 1.75. The van der Waals surface area contributed by atoms with Crippen LogP contribution in [0.1, 0.15) is 19.0 Å². The van der Waals surface area contributed by atoms with E-state index in [2.05, 4.69) is 9.97 Å². The van der Waals surface area contributed by atoms with E-state index in [9.17, 15) is 4.79 Å². The van der Waals surface area contributed by atoms with Crippen LogP contribution < -0.4 is 5.73 Å². The van der Waals surface area contributed by atoms with Crippen molar-refractivity contribution in [3.8, 4) is 0 Å². The average molecular weight is 197 g/mol. The second kappa shape index (κ2) is 5.39. The normalized spacial score (nSPS) is 12.4. The van der Waals surface area contributed by atoms with Gasteiger partial charge in [-0.15, -0.1) is 0 Å². The Bertz CT molecular complexity index is 272. The zero-order valence-electron chi connectivity index (χ0n) is 8.19. The third-order valence-electron chi connectivity index (χ3n) is 1.75. The number of nitrogens with zero attached hydrogens (tertiary/aromatic N) is 1. The third kappa shape index (κ3) is 3.18. The number of imidazole rings is 1. The van der Waals surface area contributed by atoms with Crippen molar-refractivity contribution in [2.75, 3.05) is 6.61 Å². The summed E-state index contributed by atoms with van der Waals surface area (Å²) in [5.74, 6) is -0.360. The van der Waals surface area contributed by atoms with Gasteiger partial charge >= 0.3 is 5.97 Å². The first-order valence-electron chi connectivity index (χ1n) is 4.63. The van der Waals surface area contributed by atoms with Crippen LogP contribution in [-0.2, 0) is 16.0 Å². The zero-order valence-corrected chi connectivity index (χ0v) is 8.19. The number of hydrogen-bond donors (Lipinski definition) is 2. The number of carbonyl (C=O) groups is 1. The van der Waals surface area contributed by atoms with Crippen molar-refractivity contribution in [2.45, 2.75) is 25.8 Å². The van der Waals surface area contributed by atoms with Gasteiger partial charge in [0, 0.05) is 18.3 Å². The van der Waals surface area contributed by atoms with Crippen molar-refractivity contribution in [3.63, 3.8) is 0 Å². The van der Waals surface area contributed by atoms with Gasteiger partial charge in [-0.05, 0) is 6.42 Å². The Balaban J connectivity index is 2.34. The Morgan fingerprint density at radius 3 is 3.14 bits per heavy atom. The number of carbonyl (C=O) groups excluding carboxylic acids is 1. The summed E-state index contributed by atoms with van der Waals surface area (Å²) in [6.07, 6.45) is 4.44. The summed E-state index contributed by atoms with van der Waals surface area (Å²) >= 11 is 0. The van der Waals surface area contributed by atoms with Gasteiger partial charge in [0.05, 0.1) is 12.9 Å². The number of ether oxygens (including phenoxy) is 1. The first-order chi connectivity index (χ1) is 6.74. The fourth-order valence-corrected chi connectivity index (χ4v) is 1.03. The lowest BCUT2D eigenvalue weighted by Gasteiger charge is -2.09. The molecule has 3 N–H and O–H groups in total. The van der Waals surface area contributed by atoms with E-state index in [1.54, 1.807) is 12.5 Å². The topological polar surface area (TPSA) is 81.0 Å². The predicted octanol–water partition coefficient (Wildman–Crippen LogP) is 0.233. The molecule has 1 aromatic rings. The number of nitrogens with one attached hydrogen (secondary N) is 1. The number of hydrogen-bond acceptors (Lipinski definition) is 4. The van der Waals surface area contributed by atoms with Crippen LogP contribution in [0.15, 0.2) is 12.5 Å². The highest BCUT2D eigenvalue weighted by atomic mass is 16.5. The molecule has 0 bridgehead atoms. The van der Waals surface area contributed by atoms with Gasteiger partial charge in [0.25, 0.3) is 0 Å². The molecule has 5 nitrogen and oxygen atoms in total. The molecule has 0 fully saturated rings. The van der Waals surface area contributed by atoms with E-state index in [1.807, 2.05) is 6.92 Å². The van der Waals surface area contributed by atoms with Crippen molar-refractivity contribution < 1.29 is 9.53 Å². The fraction of sp³-hybridized carbons (Fsp3) is 0.556. The molecular weight excluding hydrogens is 182 g/mol. The molecule has 0 radical (unpaired) electrons. The molecule has 1 heterocycles. The highest BCUT2D eigenvalue weighted by Crippen LogP contribution is 1.98. The van der Waals surface area contributed by atoms with E-state index in [-0.39, 0.29) is 5.97 Å². The van der Waals surface area contributed by atoms with Gasteiger partial charge in [0.2, 0.25) is 0 Å². The molecule has 1 rings (SSSR count). The quantitative estimate of drug-likeness (QED) is 0.662. The van der Waals surface area contributed by atoms with E-state index in [1.165, 1.54) is 0 Å². The van der Waals surface area contributed by atoms with E-state index in [0.29, 0.717) is 13.0 Å². The maximum absolute atomic E-state index is 11.2. The molecule has 14 heavy (non-hydrogen) atoms. The van der Waals surface area contributed by atoms with Gasteiger partial charge in [-0.25, -0.2) is 4.98 Å². The first kappa shape index (κ1) is 10.7. The van der Waals surface area contributed by atoms with Crippen molar-refractivity contribution in [2.24, 2.45) is 5.73 Å². The highest BCUT2D eigenvalue weighted by molar-refractivity contribution is 5.75. The van der Waals surface area contributed by atoms with Crippen molar-refractivity contribution >= 4 is 5.97 Å². The maximum atomic E-state index is 11.2. The monoisotopic (exact) mass is 197 g/mol. The van der Waals surface area contributed by atoms with Crippen LogP contribution in [0.3, 0.4) is 0 Å². The fourth-order valence-electron chi connectivity index (χ4n) is 1.03. The number of aromatic nitrogens is 2. The Kier molecular flexibility index (Phi) is 4.12. The summed E-state index contributed by atoms with van der Waals surface area (Å²) in [7, 11) is 0. The van der Waals surface area contributed by atoms with Crippen LogP contribution in [-0.4, -0.2) is 28.6 Å². The number of H-pyrrole nitrogens is 1. The minimum atomic E-state index is -0.609. The first-order valence-corrected chi connectivity index (χ1v) is 4.63. The highest BCUT2D eigenvalue weighted by Gasteiger charge is 2.15. The smallest absolute Gasteiger partial charge is 0.323 e. The van der Waals surface area contributed by atoms with E-state index >= 15 is 0 Å². The van der Waals surface area contributed by atoms with Crippen LogP contribution in [0.5, 0.6) is 0 Å². The standard InChI is InChI=1S/C9H15N3O2/c1-2-3-14-9(13)8(10)4-7-5-11-6-12-7/h5-6,8H,2-4,10H2,1H3,(H,11,12). The van der Waals surface area contributed by atoms with Gasteiger partial charge in [0.15, 0.2) is 0 Å². The number of esters is 1. The van der Waals surface area contributed by atoms with Gasteiger partial charge in [-0.2, -0.15) is 0 Å². The van der Waals surface area contributed by atoms with Gasteiger partial charge < -0.3 is 15.5 Å². The Hall–Kier alpha value is -1.36. The number of aromatic amines is 1. The van der Waals surface area contributed by atoms with Gasteiger partial charge in [0.1, 0.15) is 6.04 Å². The van der Waals surface area contributed by atoms with Crippen LogP contribution in [0.4, 0.5) is 0 Å². The minimum Gasteiger partial charge on any atom is -0.465 e. The summed E-state index contributed by atoms with van der Waals surface area (Å²) in [6, 6.07) is -0.609. The maximum Gasteiger partial charge on any atom is 0.323 e. The largest absolute Gasteiger partial charge is 0.465 e. The van der Waals surface area contributed by atoms with Gasteiger partial charge in [-0.3, -0.25) is 4.79 Å². The Morgan fingerprint density at radius 2 is 2.57 bits per heavy atom. The molecule has 5 heteroatoms. The van der Waals surface area contributed by atoms with Crippen LogP contribution in [0.2, 0.25) is 0 Å². The molecule has 0 spiro atoms. The lowest BCUT2D eigenvalue weighted by molar-refractivity contribution is -0.145. The molecule has 1 aromatic heterocycles. The zero-order chi connectivity index (χ0) is 10.4. The van der Waals surface area contributed by atoms with Crippen molar-refractivity contribution in [1.29, 1.82) is 0 Å². The molecule has 0 aromatic carbocycles.